The predicted molar refractivity (Wildman–Crippen MR) is 125 cm³/mol. The zero-order chi connectivity index (χ0) is 22.0. The van der Waals surface area contributed by atoms with E-state index >= 15 is 0 Å². The first-order valence-electron chi connectivity index (χ1n) is 9.75. The Hall–Kier alpha value is -3.16. The molecular weight excluding hydrogens is 434 g/mol. The Morgan fingerprint density at radius 1 is 1.06 bits per heavy atom. The number of fused-ring (bicyclic) bond motifs is 1. The van der Waals surface area contributed by atoms with Crippen molar-refractivity contribution >= 4 is 45.4 Å². The van der Waals surface area contributed by atoms with Gasteiger partial charge in [-0.2, -0.15) is 0 Å². The normalized spacial score (nSPS) is 11.0. The first kappa shape index (κ1) is 21.1. The molecule has 4 aromatic rings. The fraction of sp³-hybridized carbons (Fsp3) is 0.174. The largest absolute Gasteiger partial charge is 0.331 e. The van der Waals surface area contributed by atoms with Gasteiger partial charge in [0.2, 0.25) is 5.91 Å². The minimum Gasteiger partial charge on any atom is -0.324 e. The number of para-hydroxylation sites is 1. The van der Waals surface area contributed by atoms with Crippen molar-refractivity contribution in [2.75, 3.05) is 5.32 Å². The number of hydrogen-bond donors (Lipinski definition) is 1. The molecule has 2 heterocycles. The SMILES string of the molecule is Cc1ccc(Cl)cc1NC(=O)Cn1c(=O)n(CCc2cccs2)c(=O)c2ccccc21. The van der Waals surface area contributed by atoms with Gasteiger partial charge in [-0.3, -0.25) is 18.7 Å². The molecule has 1 amide bonds. The van der Waals surface area contributed by atoms with Crippen molar-refractivity contribution in [3.8, 4) is 0 Å². The molecule has 0 saturated carbocycles. The van der Waals surface area contributed by atoms with Gasteiger partial charge < -0.3 is 5.32 Å². The van der Waals surface area contributed by atoms with E-state index < -0.39 is 5.69 Å². The molecule has 0 spiro atoms. The van der Waals surface area contributed by atoms with Crippen molar-refractivity contribution < 1.29 is 4.79 Å². The maximum atomic E-state index is 13.2. The van der Waals surface area contributed by atoms with Crippen LogP contribution in [-0.2, 0) is 24.3 Å². The van der Waals surface area contributed by atoms with Crippen LogP contribution in [0.3, 0.4) is 0 Å². The molecule has 0 radical (unpaired) electrons. The van der Waals surface area contributed by atoms with Gasteiger partial charge in [0, 0.05) is 22.1 Å². The third-order valence-electron chi connectivity index (χ3n) is 5.07. The van der Waals surface area contributed by atoms with Gasteiger partial charge in [-0.25, -0.2) is 4.79 Å². The molecule has 2 aromatic heterocycles. The van der Waals surface area contributed by atoms with Crippen molar-refractivity contribution in [3.05, 3.63) is 96.3 Å². The number of nitrogens with one attached hydrogen (secondary N) is 1. The molecule has 0 aliphatic rings. The zero-order valence-corrected chi connectivity index (χ0v) is 18.4. The monoisotopic (exact) mass is 453 g/mol. The van der Waals surface area contributed by atoms with E-state index in [9.17, 15) is 14.4 Å². The first-order chi connectivity index (χ1) is 14.9. The van der Waals surface area contributed by atoms with Gasteiger partial charge in [-0.1, -0.05) is 35.9 Å². The number of rotatable bonds is 6. The van der Waals surface area contributed by atoms with Crippen molar-refractivity contribution in [1.29, 1.82) is 0 Å². The number of halogens is 1. The zero-order valence-electron chi connectivity index (χ0n) is 16.8. The molecule has 8 heteroatoms. The Morgan fingerprint density at radius 2 is 1.87 bits per heavy atom. The predicted octanol–water partition coefficient (Wildman–Crippen LogP) is 4.07. The lowest BCUT2D eigenvalue weighted by Gasteiger charge is -2.15. The second-order valence-electron chi connectivity index (χ2n) is 7.18. The Morgan fingerprint density at radius 3 is 2.65 bits per heavy atom. The molecule has 0 saturated heterocycles. The minimum absolute atomic E-state index is 0.218. The molecule has 1 N–H and O–H groups in total. The summed E-state index contributed by atoms with van der Waals surface area (Å²) in [6, 6.07) is 16.0. The van der Waals surface area contributed by atoms with E-state index in [2.05, 4.69) is 5.32 Å². The van der Waals surface area contributed by atoms with Crippen LogP contribution in [-0.4, -0.2) is 15.0 Å². The average Bonchev–Trinajstić information content (AvgIpc) is 3.27. The summed E-state index contributed by atoms with van der Waals surface area (Å²) in [7, 11) is 0. The number of amides is 1. The number of anilines is 1. The summed E-state index contributed by atoms with van der Waals surface area (Å²) in [5.74, 6) is -0.374. The van der Waals surface area contributed by atoms with Crippen molar-refractivity contribution in [2.24, 2.45) is 0 Å². The highest BCUT2D eigenvalue weighted by Gasteiger charge is 2.16. The Bertz CT molecular complexity index is 1370. The summed E-state index contributed by atoms with van der Waals surface area (Å²) in [5.41, 5.74) is 1.03. The van der Waals surface area contributed by atoms with E-state index in [1.807, 2.05) is 30.5 Å². The quantitative estimate of drug-likeness (QED) is 0.478. The Kier molecular flexibility index (Phi) is 6.06. The van der Waals surface area contributed by atoms with E-state index in [1.165, 1.54) is 9.13 Å². The summed E-state index contributed by atoms with van der Waals surface area (Å²) in [5, 5.41) is 5.68. The highest BCUT2D eigenvalue weighted by Crippen LogP contribution is 2.20. The molecule has 0 unspecified atom stereocenters. The van der Waals surface area contributed by atoms with E-state index in [-0.39, 0.29) is 24.6 Å². The lowest BCUT2D eigenvalue weighted by molar-refractivity contribution is -0.116. The van der Waals surface area contributed by atoms with E-state index in [0.717, 1.165) is 10.4 Å². The molecule has 0 bridgehead atoms. The lowest BCUT2D eigenvalue weighted by Crippen LogP contribution is -2.42. The molecule has 2 aromatic carbocycles. The Labute approximate surface area is 187 Å². The lowest BCUT2D eigenvalue weighted by atomic mass is 10.2. The van der Waals surface area contributed by atoms with Crippen LogP contribution < -0.4 is 16.6 Å². The van der Waals surface area contributed by atoms with Crippen LogP contribution in [0.5, 0.6) is 0 Å². The molecular formula is C23H20ClN3O3S. The summed E-state index contributed by atoms with van der Waals surface area (Å²) in [6.07, 6.45) is 0.569. The summed E-state index contributed by atoms with van der Waals surface area (Å²) in [4.78, 5) is 40.0. The van der Waals surface area contributed by atoms with E-state index in [1.54, 1.807) is 47.7 Å². The van der Waals surface area contributed by atoms with Crippen molar-refractivity contribution in [3.63, 3.8) is 0 Å². The number of carbonyl (C=O) groups excluding carboxylic acids is 1. The highest BCUT2D eigenvalue weighted by atomic mass is 35.5. The van der Waals surface area contributed by atoms with Crippen molar-refractivity contribution in [1.82, 2.24) is 9.13 Å². The van der Waals surface area contributed by atoms with Crippen LogP contribution in [0.15, 0.2) is 69.6 Å². The van der Waals surface area contributed by atoms with Crippen LogP contribution in [0.4, 0.5) is 5.69 Å². The van der Waals surface area contributed by atoms with E-state index in [0.29, 0.717) is 28.0 Å². The van der Waals surface area contributed by atoms with Gasteiger partial charge in [0.25, 0.3) is 5.56 Å². The molecule has 0 fully saturated rings. The van der Waals surface area contributed by atoms with Gasteiger partial charge in [-0.05, 0) is 54.6 Å². The number of aryl methyl sites for hydroxylation is 2. The summed E-state index contributed by atoms with van der Waals surface area (Å²) >= 11 is 7.61. The number of thiophene rings is 1. The van der Waals surface area contributed by atoms with Gasteiger partial charge in [0.1, 0.15) is 6.54 Å². The maximum Gasteiger partial charge on any atom is 0.331 e. The molecule has 0 aliphatic heterocycles. The fourth-order valence-electron chi connectivity index (χ4n) is 3.46. The van der Waals surface area contributed by atoms with Crippen molar-refractivity contribution in [2.45, 2.75) is 26.4 Å². The molecule has 4 rings (SSSR count). The topological polar surface area (TPSA) is 73.1 Å². The Balaban J connectivity index is 1.70. The first-order valence-corrected chi connectivity index (χ1v) is 11.0. The smallest absolute Gasteiger partial charge is 0.324 e. The number of benzene rings is 2. The van der Waals surface area contributed by atoms with Gasteiger partial charge in [0.05, 0.1) is 10.9 Å². The molecule has 31 heavy (non-hydrogen) atoms. The number of carbonyl (C=O) groups is 1. The second kappa shape index (κ2) is 8.91. The molecule has 0 atom stereocenters. The molecule has 6 nitrogen and oxygen atoms in total. The van der Waals surface area contributed by atoms with Crippen LogP contribution in [0.2, 0.25) is 5.02 Å². The molecule has 0 aliphatic carbocycles. The van der Waals surface area contributed by atoms with Crippen LogP contribution in [0, 0.1) is 6.92 Å². The van der Waals surface area contributed by atoms with E-state index in [4.69, 9.17) is 11.6 Å². The van der Waals surface area contributed by atoms with Gasteiger partial charge >= 0.3 is 5.69 Å². The summed E-state index contributed by atoms with van der Waals surface area (Å²) in [6.45, 7) is 1.89. The minimum atomic E-state index is -0.502. The average molecular weight is 454 g/mol. The van der Waals surface area contributed by atoms with Gasteiger partial charge in [-0.15, -0.1) is 11.3 Å². The number of hydrogen-bond acceptors (Lipinski definition) is 4. The fourth-order valence-corrected chi connectivity index (χ4v) is 4.33. The summed E-state index contributed by atoms with van der Waals surface area (Å²) < 4.78 is 2.56. The highest BCUT2D eigenvalue weighted by molar-refractivity contribution is 7.09. The second-order valence-corrected chi connectivity index (χ2v) is 8.65. The van der Waals surface area contributed by atoms with Gasteiger partial charge in [0.15, 0.2) is 0 Å². The number of nitrogens with zero attached hydrogens (tertiary/aromatic N) is 2. The number of aromatic nitrogens is 2. The van der Waals surface area contributed by atoms with Crippen LogP contribution >= 0.6 is 22.9 Å². The standard InChI is InChI=1S/C23H20ClN3O3S/c1-15-8-9-16(24)13-19(15)25-21(28)14-27-20-7-3-2-6-18(20)22(29)26(23(27)30)11-10-17-5-4-12-31-17/h2-9,12-13H,10-11,14H2,1H3,(H,25,28). The van der Waals surface area contributed by atoms with Crippen LogP contribution in [0.25, 0.3) is 10.9 Å². The third kappa shape index (κ3) is 4.47. The molecule has 158 valence electrons. The maximum absolute atomic E-state index is 13.2. The third-order valence-corrected chi connectivity index (χ3v) is 6.24. The van der Waals surface area contributed by atoms with Crippen LogP contribution in [0.1, 0.15) is 10.4 Å².